The molecule has 1 rings (SSSR count). The summed E-state index contributed by atoms with van der Waals surface area (Å²) in [6.07, 6.45) is 0.940. The first-order valence-electron chi connectivity index (χ1n) is 4.67. The van der Waals surface area contributed by atoms with Crippen molar-refractivity contribution in [2.75, 3.05) is 12.8 Å². The third kappa shape index (κ3) is 3.41. The van der Waals surface area contributed by atoms with Crippen molar-refractivity contribution in [1.29, 1.82) is 0 Å². The summed E-state index contributed by atoms with van der Waals surface area (Å²) >= 11 is 0. The Morgan fingerprint density at radius 2 is 2.33 bits per heavy atom. The molecule has 0 aliphatic rings. The number of rotatable bonds is 4. The molecule has 6 nitrogen and oxygen atoms in total. The van der Waals surface area contributed by atoms with Crippen LogP contribution in [0.25, 0.3) is 0 Å². The molecule has 1 aromatic rings. The lowest BCUT2D eigenvalue weighted by molar-refractivity contribution is -0.120. The molecule has 0 aliphatic heterocycles. The third-order valence-corrected chi connectivity index (χ3v) is 1.94. The number of amides is 1. The maximum atomic E-state index is 11.3. The van der Waals surface area contributed by atoms with Gasteiger partial charge in [0.2, 0.25) is 5.91 Å². The monoisotopic (exact) mass is 210 g/mol. The summed E-state index contributed by atoms with van der Waals surface area (Å²) in [5, 5.41) is 6.35. The Hall–Kier alpha value is -1.85. The number of hydrogen-bond donors (Lipinski definition) is 2. The van der Waals surface area contributed by atoms with Crippen LogP contribution in [-0.2, 0) is 11.3 Å². The molecule has 82 valence electrons. The van der Waals surface area contributed by atoms with Gasteiger partial charge in [0.25, 0.3) is 5.56 Å². The maximum absolute atomic E-state index is 11.3. The van der Waals surface area contributed by atoms with E-state index in [1.54, 1.807) is 7.05 Å². The Morgan fingerprint density at radius 1 is 1.60 bits per heavy atom. The minimum absolute atomic E-state index is 0.0491. The number of anilines is 1. The van der Waals surface area contributed by atoms with Crippen LogP contribution in [0, 0.1) is 0 Å². The molecule has 0 radical (unpaired) electrons. The van der Waals surface area contributed by atoms with Gasteiger partial charge in [-0.2, -0.15) is 5.10 Å². The molecule has 0 spiro atoms. The van der Waals surface area contributed by atoms with E-state index >= 15 is 0 Å². The normalized spacial score (nSPS) is 9.93. The van der Waals surface area contributed by atoms with E-state index in [0.717, 1.165) is 0 Å². The summed E-state index contributed by atoms with van der Waals surface area (Å²) in [7, 11) is 1.58. The molecule has 1 amide bonds. The fourth-order valence-electron chi connectivity index (χ4n) is 1.14. The van der Waals surface area contributed by atoms with Crippen molar-refractivity contribution in [3.8, 4) is 0 Å². The van der Waals surface area contributed by atoms with E-state index in [4.69, 9.17) is 5.73 Å². The fraction of sp³-hybridized carbons (Fsp3) is 0.444. The van der Waals surface area contributed by atoms with E-state index in [-0.39, 0.29) is 11.5 Å². The van der Waals surface area contributed by atoms with Gasteiger partial charge >= 0.3 is 0 Å². The van der Waals surface area contributed by atoms with E-state index in [1.807, 2.05) is 0 Å². The predicted molar refractivity (Wildman–Crippen MR) is 56.2 cm³/mol. The lowest BCUT2D eigenvalue weighted by atomic mass is 10.3. The third-order valence-electron chi connectivity index (χ3n) is 1.94. The summed E-state index contributed by atoms with van der Waals surface area (Å²) < 4.78 is 1.26. The SMILES string of the molecule is CNC(=O)CCCn1nc(N)ccc1=O. The lowest BCUT2D eigenvalue weighted by Crippen LogP contribution is -2.24. The average molecular weight is 210 g/mol. The van der Waals surface area contributed by atoms with Gasteiger partial charge < -0.3 is 11.1 Å². The number of hydrogen-bond acceptors (Lipinski definition) is 4. The van der Waals surface area contributed by atoms with Crippen molar-refractivity contribution in [3.05, 3.63) is 22.5 Å². The first-order chi connectivity index (χ1) is 7.13. The van der Waals surface area contributed by atoms with Crippen LogP contribution in [0.15, 0.2) is 16.9 Å². The highest BCUT2D eigenvalue weighted by Crippen LogP contribution is 1.94. The Labute approximate surface area is 87.1 Å². The van der Waals surface area contributed by atoms with Crippen molar-refractivity contribution in [2.45, 2.75) is 19.4 Å². The van der Waals surface area contributed by atoms with E-state index in [2.05, 4.69) is 10.4 Å². The summed E-state index contributed by atoms with van der Waals surface area (Å²) in [6, 6.07) is 2.82. The number of carbonyl (C=O) groups excluding carboxylic acids is 1. The predicted octanol–water partition coefficient (Wildman–Crippen LogP) is -0.648. The van der Waals surface area contributed by atoms with E-state index in [1.165, 1.54) is 16.8 Å². The molecule has 15 heavy (non-hydrogen) atoms. The summed E-state index contributed by atoms with van der Waals surface area (Å²) in [6.45, 7) is 0.400. The molecular weight excluding hydrogens is 196 g/mol. The van der Waals surface area contributed by atoms with Crippen molar-refractivity contribution in [3.63, 3.8) is 0 Å². The Bertz CT molecular complexity index is 399. The van der Waals surface area contributed by atoms with Crippen LogP contribution in [0.1, 0.15) is 12.8 Å². The molecule has 1 aromatic heterocycles. The lowest BCUT2D eigenvalue weighted by Gasteiger charge is -2.04. The van der Waals surface area contributed by atoms with Crippen LogP contribution in [0.5, 0.6) is 0 Å². The van der Waals surface area contributed by atoms with Crippen molar-refractivity contribution in [2.24, 2.45) is 0 Å². The number of carbonyl (C=O) groups is 1. The van der Waals surface area contributed by atoms with E-state index in [9.17, 15) is 9.59 Å². The molecular formula is C9H14N4O2. The molecule has 1 heterocycles. The average Bonchev–Trinajstić information content (AvgIpc) is 2.23. The zero-order chi connectivity index (χ0) is 11.3. The highest BCUT2D eigenvalue weighted by Gasteiger charge is 2.01. The van der Waals surface area contributed by atoms with Crippen molar-refractivity contribution >= 4 is 11.7 Å². The zero-order valence-corrected chi connectivity index (χ0v) is 8.56. The second-order valence-electron chi connectivity index (χ2n) is 3.10. The molecule has 0 atom stereocenters. The van der Waals surface area contributed by atoms with E-state index < -0.39 is 0 Å². The highest BCUT2D eigenvalue weighted by atomic mass is 16.1. The minimum Gasteiger partial charge on any atom is -0.382 e. The molecule has 0 aliphatic carbocycles. The number of nitrogens with zero attached hydrogens (tertiary/aromatic N) is 2. The van der Waals surface area contributed by atoms with Crippen LogP contribution >= 0.6 is 0 Å². The Morgan fingerprint density at radius 3 is 3.00 bits per heavy atom. The van der Waals surface area contributed by atoms with Gasteiger partial charge in [-0.3, -0.25) is 9.59 Å². The van der Waals surface area contributed by atoms with Gasteiger partial charge in [0.15, 0.2) is 0 Å². The maximum Gasteiger partial charge on any atom is 0.266 e. The molecule has 6 heteroatoms. The van der Waals surface area contributed by atoms with Crippen LogP contribution in [0.4, 0.5) is 5.82 Å². The van der Waals surface area contributed by atoms with Gasteiger partial charge in [0, 0.05) is 26.1 Å². The number of nitrogens with two attached hydrogens (primary N) is 1. The largest absolute Gasteiger partial charge is 0.382 e. The fourth-order valence-corrected chi connectivity index (χ4v) is 1.14. The second kappa shape index (κ2) is 5.14. The van der Waals surface area contributed by atoms with Crippen molar-refractivity contribution < 1.29 is 4.79 Å². The van der Waals surface area contributed by atoms with Crippen LogP contribution in [-0.4, -0.2) is 22.7 Å². The van der Waals surface area contributed by atoms with Crippen LogP contribution in [0.2, 0.25) is 0 Å². The number of nitrogens with one attached hydrogen (secondary N) is 1. The second-order valence-corrected chi connectivity index (χ2v) is 3.10. The molecule has 0 bridgehead atoms. The van der Waals surface area contributed by atoms with Gasteiger partial charge in [-0.1, -0.05) is 0 Å². The summed E-state index contributed by atoms with van der Waals surface area (Å²) in [4.78, 5) is 22.2. The number of aromatic nitrogens is 2. The zero-order valence-electron chi connectivity index (χ0n) is 8.56. The van der Waals surface area contributed by atoms with Gasteiger partial charge in [-0.15, -0.1) is 0 Å². The van der Waals surface area contributed by atoms with Crippen LogP contribution in [0.3, 0.4) is 0 Å². The van der Waals surface area contributed by atoms with Gasteiger partial charge in [0.05, 0.1) is 0 Å². The number of nitrogen functional groups attached to an aromatic ring is 1. The molecule has 0 saturated carbocycles. The Kier molecular flexibility index (Phi) is 3.84. The van der Waals surface area contributed by atoms with Gasteiger partial charge in [0.1, 0.15) is 5.82 Å². The van der Waals surface area contributed by atoms with Gasteiger partial charge in [-0.05, 0) is 12.5 Å². The topological polar surface area (TPSA) is 90.0 Å². The Balaban J connectivity index is 2.54. The van der Waals surface area contributed by atoms with Gasteiger partial charge in [-0.25, -0.2) is 4.68 Å². The molecule has 0 saturated heterocycles. The first kappa shape index (κ1) is 11.2. The van der Waals surface area contributed by atoms with Crippen molar-refractivity contribution in [1.82, 2.24) is 15.1 Å². The smallest absolute Gasteiger partial charge is 0.266 e. The standard InChI is InChI=1S/C9H14N4O2/c1-11-8(14)3-2-6-13-9(15)5-4-7(10)12-13/h4-5H,2-3,6H2,1H3,(H2,10,12)(H,11,14). The summed E-state index contributed by atoms with van der Waals surface area (Å²) in [5.41, 5.74) is 5.23. The summed E-state index contributed by atoms with van der Waals surface area (Å²) in [5.74, 6) is 0.251. The molecule has 0 fully saturated rings. The highest BCUT2D eigenvalue weighted by molar-refractivity contribution is 5.75. The minimum atomic E-state index is -0.207. The molecule has 3 N–H and O–H groups in total. The number of aryl methyl sites for hydroxylation is 1. The molecule has 0 unspecified atom stereocenters. The van der Waals surface area contributed by atoms with Crippen LogP contribution < -0.4 is 16.6 Å². The first-order valence-corrected chi connectivity index (χ1v) is 4.67. The van der Waals surface area contributed by atoms with E-state index in [0.29, 0.717) is 25.2 Å². The molecule has 0 aromatic carbocycles. The quantitative estimate of drug-likeness (QED) is 0.691.